The lowest BCUT2D eigenvalue weighted by Gasteiger charge is -2.20. The summed E-state index contributed by atoms with van der Waals surface area (Å²) in [6.45, 7) is 2.84. The van der Waals surface area contributed by atoms with Crippen LogP contribution in [0.15, 0.2) is 36.4 Å². The minimum Gasteiger partial charge on any atom is -0.493 e. The number of aryl methyl sites for hydroxylation is 1. The molecular formula is C17H18ClNO. The molecule has 3 rings (SSSR count). The molecule has 104 valence electrons. The van der Waals surface area contributed by atoms with Gasteiger partial charge < -0.3 is 10.1 Å². The van der Waals surface area contributed by atoms with Gasteiger partial charge in [0, 0.05) is 17.0 Å². The highest BCUT2D eigenvalue weighted by Crippen LogP contribution is 2.38. The minimum absolute atomic E-state index is 0.0983. The Labute approximate surface area is 124 Å². The van der Waals surface area contributed by atoms with Crippen LogP contribution in [0.25, 0.3) is 0 Å². The molecule has 0 spiro atoms. The van der Waals surface area contributed by atoms with Crippen LogP contribution in [0.3, 0.4) is 0 Å². The highest BCUT2D eigenvalue weighted by atomic mass is 35.5. The Morgan fingerprint density at radius 1 is 1.20 bits per heavy atom. The highest BCUT2D eigenvalue weighted by Gasteiger charge is 2.23. The molecule has 2 aromatic carbocycles. The Morgan fingerprint density at radius 2 is 1.95 bits per heavy atom. The van der Waals surface area contributed by atoms with Gasteiger partial charge in [0.25, 0.3) is 0 Å². The van der Waals surface area contributed by atoms with Gasteiger partial charge in [-0.2, -0.15) is 0 Å². The summed E-state index contributed by atoms with van der Waals surface area (Å²) in [4.78, 5) is 0. The number of fused-ring (bicyclic) bond motifs is 1. The Kier molecular flexibility index (Phi) is 3.68. The van der Waals surface area contributed by atoms with Gasteiger partial charge in [0.15, 0.2) is 0 Å². The molecule has 2 nitrogen and oxygen atoms in total. The summed E-state index contributed by atoms with van der Waals surface area (Å²) in [5, 5.41) is 4.15. The topological polar surface area (TPSA) is 21.3 Å². The first-order chi connectivity index (χ1) is 9.69. The van der Waals surface area contributed by atoms with Crippen molar-refractivity contribution in [3.63, 3.8) is 0 Å². The van der Waals surface area contributed by atoms with Gasteiger partial charge >= 0.3 is 0 Å². The Hall–Kier alpha value is -1.51. The van der Waals surface area contributed by atoms with Gasteiger partial charge in [0.1, 0.15) is 5.75 Å². The van der Waals surface area contributed by atoms with Crippen LogP contribution in [-0.4, -0.2) is 13.7 Å². The van der Waals surface area contributed by atoms with E-state index in [2.05, 4.69) is 36.5 Å². The quantitative estimate of drug-likeness (QED) is 0.925. The van der Waals surface area contributed by atoms with Crippen molar-refractivity contribution in [2.45, 2.75) is 19.4 Å². The van der Waals surface area contributed by atoms with E-state index >= 15 is 0 Å². The van der Waals surface area contributed by atoms with Crippen molar-refractivity contribution in [3.8, 4) is 5.75 Å². The molecule has 0 radical (unpaired) electrons. The number of hydrogen-bond acceptors (Lipinski definition) is 2. The standard InChI is InChI=1S/C17H18ClNO/c1-11-3-5-12(6-4-11)16(19-2)15-10-14(18)9-13-7-8-20-17(13)15/h3-6,9-10,16,19H,7-8H2,1-2H3. The van der Waals surface area contributed by atoms with Crippen LogP contribution in [0.4, 0.5) is 0 Å². The van der Waals surface area contributed by atoms with E-state index < -0.39 is 0 Å². The van der Waals surface area contributed by atoms with E-state index in [0.29, 0.717) is 0 Å². The van der Waals surface area contributed by atoms with Crippen molar-refractivity contribution in [3.05, 3.63) is 63.7 Å². The number of nitrogens with one attached hydrogen (secondary N) is 1. The zero-order chi connectivity index (χ0) is 14.1. The van der Waals surface area contributed by atoms with Crippen molar-refractivity contribution in [1.82, 2.24) is 5.32 Å². The molecule has 0 amide bonds. The van der Waals surface area contributed by atoms with E-state index in [9.17, 15) is 0 Å². The predicted molar refractivity (Wildman–Crippen MR) is 82.7 cm³/mol. The molecule has 20 heavy (non-hydrogen) atoms. The van der Waals surface area contributed by atoms with Crippen molar-refractivity contribution >= 4 is 11.6 Å². The third-order valence-electron chi connectivity index (χ3n) is 3.79. The molecule has 3 heteroatoms. The van der Waals surface area contributed by atoms with Crippen LogP contribution in [-0.2, 0) is 6.42 Å². The van der Waals surface area contributed by atoms with Gasteiger partial charge in [0.2, 0.25) is 0 Å². The maximum Gasteiger partial charge on any atom is 0.127 e. The fraction of sp³-hybridized carbons (Fsp3) is 0.294. The molecule has 1 unspecified atom stereocenters. The third-order valence-corrected chi connectivity index (χ3v) is 4.01. The van der Waals surface area contributed by atoms with E-state index in [1.807, 2.05) is 19.2 Å². The van der Waals surface area contributed by atoms with Gasteiger partial charge in [-0.3, -0.25) is 0 Å². The fourth-order valence-electron chi connectivity index (χ4n) is 2.77. The molecule has 0 fully saturated rings. The van der Waals surface area contributed by atoms with Gasteiger partial charge in [-0.15, -0.1) is 0 Å². The molecule has 2 aromatic rings. The molecule has 0 saturated carbocycles. The Morgan fingerprint density at radius 3 is 2.65 bits per heavy atom. The van der Waals surface area contributed by atoms with Crippen LogP contribution >= 0.6 is 11.6 Å². The zero-order valence-corrected chi connectivity index (χ0v) is 12.5. The summed E-state index contributed by atoms with van der Waals surface area (Å²) >= 11 is 6.26. The minimum atomic E-state index is 0.0983. The molecule has 1 aliphatic rings. The van der Waals surface area contributed by atoms with Crippen LogP contribution in [0.1, 0.15) is 28.3 Å². The van der Waals surface area contributed by atoms with Crippen molar-refractivity contribution in [1.29, 1.82) is 0 Å². The largest absolute Gasteiger partial charge is 0.493 e. The SMILES string of the molecule is CNC(c1ccc(C)cc1)c1cc(Cl)cc2c1OCC2. The number of halogens is 1. The summed E-state index contributed by atoms with van der Waals surface area (Å²) in [6.07, 6.45) is 0.938. The normalized spacial score (nSPS) is 14.8. The highest BCUT2D eigenvalue weighted by molar-refractivity contribution is 6.30. The molecule has 1 N–H and O–H groups in total. The number of hydrogen-bond donors (Lipinski definition) is 1. The Bertz CT molecular complexity index is 622. The van der Waals surface area contributed by atoms with E-state index in [1.54, 1.807) is 0 Å². The number of rotatable bonds is 3. The van der Waals surface area contributed by atoms with Crippen molar-refractivity contribution < 1.29 is 4.74 Å². The summed E-state index contributed by atoms with van der Waals surface area (Å²) < 4.78 is 5.81. The third kappa shape index (κ3) is 2.41. The second-order valence-electron chi connectivity index (χ2n) is 5.21. The molecule has 0 bridgehead atoms. The first-order valence-electron chi connectivity index (χ1n) is 6.88. The van der Waals surface area contributed by atoms with Gasteiger partial charge in [-0.05, 0) is 37.2 Å². The molecule has 0 aliphatic carbocycles. The number of ether oxygens (including phenoxy) is 1. The lowest BCUT2D eigenvalue weighted by molar-refractivity contribution is 0.351. The first kappa shape index (κ1) is 13.5. The second-order valence-corrected chi connectivity index (χ2v) is 5.65. The molecule has 1 atom stereocenters. The maximum atomic E-state index is 6.26. The number of benzene rings is 2. The summed E-state index contributed by atoms with van der Waals surface area (Å²) in [6, 6.07) is 12.7. The average Bonchev–Trinajstić information content (AvgIpc) is 2.89. The Balaban J connectivity index is 2.08. The van der Waals surface area contributed by atoms with E-state index in [1.165, 1.54) is 16.7 Å². The van der Waals surface area contributed by atoms with E-state index in [0.717, 1.165) is 29.4 Å². The fourth-order valence-corrected chi connectivity index (χ4v) is 3.02. The summed E-state index contributed by atoms with van der Waals surface area (Å²) in [7, 11) is 1.97. The van der Waals surface area contributed by atoms with Crippen LogP contribution < -0.4 is 10.1 Å². The monoisotopic (exact) mass is 287 g/mol. The lowest BCUT2D eigenvalue weighted by atomic mass is 9.95. The summed E-state index contributed by atoms with van der Waals surface area (Å²) in [5.74, 6) is 0.995. The van der Waals surface area contributed by atoms with Crippen LogP contribution in [0.2, 0.25) is 5.02 Å². The van der Waals surface area contributed by atoms with Crippen LogP contribution in [0, 0.1) is 6.92 Å². The summed E-state index contributed by atoms with van der Waals surface area (Å²) in [5.41, 5.74) is 4.81. The second kappa shape index (κ2) is 5.47. The van der Waals surface area contributed by atoms with E-state index in [-0.39, 0.29) is 6.04 Å². The van der Waals surface area contributed by atoms with Gasteiger partial charge in [0.05, 0.1) is 12.6 Å². The predicted octanol–water partition coefficient (Wildman–Crippen LogP) is 3.89. The van der Waals surface area contributed by atoms with E-state index in [4.69, 9.17) is 16.3 Å². The molecular weight excluding hydrogens is 270 g/mol. The smallest absolute Gasteiger partial charge is 0.127 e. The van der Waals surface area contributed by atoms with Crippen molar-refractivity contribution in [2.75, 3.05) is 13.7 Å². The zero-order valence-electron chi connectivity index (χ0n) is 11.7. The van der Waals surface area contributed by atoms with Gasteiger partial charge in [-0.1, -0.05) is 41.4 Å². The molecule has 1 heterocycles. The van der Waals surface area contributed by atoms with Crippen LogP contribution in [0.5, 0.6) is 5.75 Å². The molecule has 0 aromatic heterocycles. The first-order valence-corrected chi connectivity index (χ1v) is 7.26. The van der Waals surface area contributed by atoms with Gasteiger partial charge in [-0.25, -0.2) is 0 Å². The van der Waals surface area contributed by atoms with Crippen molar-refractivity contribution in [2.24, 2.45) is 0 Å². The molecule has 1 aliphatic heterocycles. The average molecular weight is 288 g/mol. The lowest BCUT2D eigenvalue weighted by Crippen LogP contribution is -2.18. The maximum absolute atomic E-state index is 6.26. The molecule has 0 saturated heterocycles.